The molecular weight excluding hydrogens is 318 g/mol. The molecule has 0 aromatic heterocycles. The summed E-state index contributed by atoms with van der Waals surface area (Å²) in [6.07, 6.45) is 0. The summed E-state index contributed by atoms with van der Waals surface area (Å²) in [6.45, 7) is 0.855. The fraction of sp³-hybridized carbons (Fsp3) is 0.263. The number of hydrogen-bond acceptors (Lipinski definition) is 5. The van der Waals surface area contributed by atoms with Gasteiger partial charge in [0.15, 0.2) is 0 Å². The van der Waals surface area contributed by atoms with E-state index in [2.05, 4.69) is 5.32 Å². The Balaban J connectivity index is 1.94. The van der Waals surface area contributed by atoms with Crippen LogP contribution in [0, 0.1) is 0 Å². The molecule has 2 aromatic carbocycles. The fourth-order valence-electron chi connectivity index (χ4n) is 2.87. The molecule has 0 aliphatic carbocycles. The van der Waals surface area contributed by atoms with Crippen LogP contribution < -0.4 is 5.32 Å². The highest BCUT2D eigenvalue weighted by Crippen LogP contribution is 2.32. The van der Waals surface area contributed by atoms with Crippen molar-refractivity contribution in [1.29, 1.82) is 0 Å². The third kappa shape index (κ3) is 3.26. The number of hydrogen-bond donors (Lipinski definition) is 2. The predicted molar refractivity (Wildman–Crippen MR) is 96.0 cm³/mol. The Morgan fingerprint density at radius 1 is 1.00 bits per heavy atom. The van der Waals surface area contributed by atoms with E-state index in [1.807, 2.05) is 43.3 Å². The van der Waals surface area contributed by atoms with Gasteiger partial charge in [0.05, 0.1) is 23.4 Å². The summed E-state index contributed by atoms with van der Waals surface area (Å²) in [4.78, 5) is 28.6. The number of anilines is 2. The average Bonchev–Trinajstić information content (AvgIpc) is 2.85. The van der Waals surface area contributed by atoms with Gasteiger partial charge in [0.25, 0.3) is 11.8 Å². The first-order valence-electron chi connectivity index (χ1n) is 8.12. The molecule has 2 aromatic rings. The van der Waals surface area contributed by atoms with E-state index in [0.717, 1.165) is 5.56 Å². The van der Waals surface area contributed by atoms with Crippen LogP contribution in [0.5, 0.6) is 0 Å². The first-order valence-corrected chi connectivity index (χ1v) is 8.12. The minimum absolute atomic E-state index is 0.111. The number of carbonyl (C=O) groups excluding carboxylic acids is 2. The first kappa shape index (κ1) is 17.1. The third-order valence-corrected chi connectivity index (χ3v) is 4.23. The number of carbonyl (C=O) groups is 2. The minimum Gasteiger partial charge on any atom is -0.392 e. The largest absolute Gasteiger partial charge is 0.392 e. The van der Waals surface area contributed by atoms with Gasteiger partial charge in [-0.25, -0.2) is 0 Å². The topological polar surface area (TPSA) is 72.9 Å². The van der Waals surface area contributed by atoms with Crippen molar-refractivity contribution in [2.24, 2.45) is 0 Å². The van der Waals surface area contributed by atoms with E-state index in [1.165, 1.54) is 4.90 Å². The van der Waals surface area contributed by atoms with E-state index in [0.29, 0.717) is 35.6 Å². The first-order chi connectivity index (χ1) is 12.0. The van der Waals surface area contributed by atoms with Crippen molar-refractivity contribution in [3.05, 3.63) is 59.2 Å². The minimum atomic E-state index is -0.286. The van der Waals surface area contributed by atoms with Crippen LogP contribution in [0.1, 0.15) is 26.3 Å². The zero-order valence-corrected chi connectivity index (χ0v) is 14.3. The van der Waals surface area contributed by atoms with E-state index in [9.17, 15) is 14.7 Å². The predicted octanol–water partition coefficient (Wildman–Crippen LogP) is 2.08. The summed E-state index contributed by atoms with van der Waals surface area (Å²) in [6, 6.07) is 12.5. The zero-order valence-electron chi connectivity index (χ0n) is 14.3. The number of benzene rings is 2. The summed E-state index contributed by atoms with van der Waals surface area (Å²) >= 11 is 0. The number of nitrogens with one attached hydrogen (secondary N) is 1. The smallest absolute Gasteiger partial charge is 0.263 e. The van der Waals surface area contributed by atoms with Crippen LogP contribution in [-0.4, -0.2) is 53.9 Å². The number of aliphatic hydroxyl groups is 1. The summed E-state index contributed by atoms with van der Waals surface area (Å²) in [5.41, 5.74) is 2.81. The van der Waals surface area contributed by atoms with Gasteiger partial charge in [-0.05, 0) is 32.3 Å². The van der Waals surface area contributed by atoms with E-state index in [-0.39, 0.29) is 18.4 Å². The number of rotatable bonds is 6. The number of amides is 2. The Hall–Kier alpha value is -2.70. The molecule has 0 bridgehead atoms. The molecule has 0 fully saturated rings. The van der Waals surface area contributed by atoms with Crippen molar-refractivity contribution in [3.8, 4) is 0 Å². The summed E-state index contributed by atoms with van der Waals surface area (Å²) < 4.78 is 0. The SMILES string of the molecule is CN(C)CCN1C(=O)c2cccc(Nc3ccccc3CO)c2C1=O. The second kappa shape index (κ2) is 7.04. The van der Waals surface area contributed by atoms with Crippen LogP contribution in [0.4, 0.5) is 11.4 Å². The van der Waals surface area contributed by atoms with Gasteiger partial charge in [-0.15, -0.1) is 0 Å². The second-order valence-corrected chi connectivity index (χ2v) is 6.23. The van der Waals surface area contributed by atoms with Gasteiger partial charge in [0.1, 0.15) is 0 Å². The molecule has 6 nitrogen and oxygen atoms in total. The Labute approximate surface area is 146 Å². The lowest BCUT2D eigenvalue weighted by atomic mass is 10.1. The molecule has 0 saturated heterocycles. The van der Waals surface area contributed by atoms with Crippen molar-refractivity contribution in [2.75, 3.05) is 32.5 Å². The second-order valence-electron chi connectivity index (χ2n) is 6.23. The van der Waals surface area contributed by atoms with Crippen LogP contribution >= 0.6 is 0 Å². The molecule has 0 atom stereocenters. The van der Waals surface area contributed by atoms with E-state index < -0.39 is 0 Å². The Morgan fingerprint density at radius 2 is 1.72 bits per heavy atom. The number of nitrogens with zero attached hydrogens (tertiary/aromatic N) is 2. The van der Waals surface area contributed by atoms with Crippen LogP contribution in [-0.2, 0) is 6.61 Å². The van der Waals surface area contributed by atoms with Crippen molar-refractivity contribution >= 4 is 23.2 Å². The van der Waals surface area contributed by atoms with Gasteiger partial charge in [0.2, 0.25) is 0 Å². The quantitative estimate of drug-likeness (QED) is 0.789. The number of para-hydroxylation sites is 1. The van der Waals surface area contributed by atoms with Crippen molar-refractivity contribution < 1.29 is 14.7 Å². The monoisotopic (exact) mass is 339 g/mol. The van der Waals surface area contributed by atoms with Gasteiger partial charge in [-0.1, -0.05) is 24.3 Å². The Bertz CT molecular complexity index is 817. The molecule has 6 heteroatoms. The van der Waals surface area contributed by atoms with Crippen LogP contribution in [0.3, 0.4) is 0 Å². The number of imide groups is 1. The molecule has 25 heavy (non-hydrogen) atoms. The number of likely N-dealkylation sites (N-methyl/N-ethyl adjacent to an activating group) is 1. The summed E-state index contributed by atoms with van der Waals surface area (Å²) in [5, 5.41) is 12.7. The van der Waals surface area contributed by atoms with Gasteiger partial charge < -0.3 is 15.3 Å². The molecule has 130 valence electrons. The highest BCUT2D eigenvalue weighted by Gasteiger charge is 2.37. The molecular formula is C19H21N3O3. The lowest BCUT2D eigenvalue weighted by Crippen LogP contribution is -2.35. The molecule has 2 N–H and O–H groups in total. The Morgan fingerprint density at radius 3 is 2.44 bits per heavy atom. The molecule has 0 radical (unpaired) electrons. The van der Waals surface area contributed by atoms with Gasteiger partial charge >= 0.3 is 0 Å². The standard InChI is InChI=1S/C19H21N3O3/c1-21(2)10-11-22-18(24)14-7-5-9-16(17(14)19(22)25)20-15-8-4-3-6-13(15)12-23/h3-9,20,23H,10-12H2,1-2H3. The molecule has 3 rings (SSSR count). The molecule has 2 amide bonds. The molecule has 0 saturated carbocycles. The molecule has 0 unspecified atom stereocenters. The summed E-state index contributed by atoms with van der Waals surface area (Å²) in [5.74, 6) is -0.549. The van der Waals surface area contributed by atoms with Gasteiger partial charge in [0, 0.05) is 24.3 Å². The lowest BCUT2D eigenvalue weighted by molar-refractivity contribution is 0.0645. The maximum Gasteiger partial charge on any atom is 0.263 e. The fourth-order valence-corrected chi connectivity index (χ4v) is 2.87. The number of aliphatic hydroxyl groups excluding tert-OH is 1. The third-order valence-electron chi connectivity index (χ3n) is 4.23. The Kier molecular flexibility index (Phi) is 4.83. The summed E-state index contributed by atoms with van der Waals surface area (Å²) in [7, 11) is 3.80. The van der Waals surface area contributed by atoms with Gasteiger partial charge in [-0.3, -0.25) is 14.5 Å². The average molecular weight is 339 g/mol. The number of fused-ring (bicyclic) bond motifs is 1. The maximum atomic E-state index is 12.8. The molecule has 0 spiro atoms. The molecule has 1 aliphatic heterocycles. The zero-order chi connectivity index (χ0) is 18.0. The molecule has 1 heterocycles. The van der Waals surface area contributed by atoms with Gasteiger partial charge in [-0.2, -0.15) is 0 Å². The highest BCUT2D eigenvalue weighted by atomic mass is 16.3. The van der Waals surface area contributed by atoms with Crippen molar-refractivity contribution in [2.45, 2.75) is 6.61 Å². The van der Waals surface area contributed by atoms with E-state index >= 15 is 0 Å². The highest BCUT2D eigenvalue weighted by molar-refractivity contribution is 6.23. The van der Waals surface area contributed by atoms with E-state index in [1.54, 1.807) is 18.2 Å². The maximum absolute atomic E-state index is 12.8. The van der Waals surface area contributed by atoms with E-state index in [4.69, 9.17) is 0 Å². The van der Waals surface area contributed by atoms with Crippen LogP contribution in [0.25, 0.3) is 0 Å². The van der Waals surface area contributed by atoms with Crippen LogP contribution in [0.2, 0.25) is 0 Å². The lowest BCUT2D eigenvalue weighted by Gasteiger charge is -2.17. The van der Waals surface area contributed by atoms with Crippen molar-refractivity contribution in [1.82, 2.24) is 9.80 Å². The normalized spacial score (nSPS) is 13.5. The molecule has 1 aliphatic rings. The van der Waals surface area contributed by atoms with Crippen molar-refractivity contribution in [3.63, 3.8) is 0 Å². The van der Waals surface area contributed by atoms with Crippen LogP contribution in [0.15, 0.2) is 42.5 Å².